The zero-order chi connectivity index (χ0) is 35.3. The number of allylic oxidation sites excluding steroid dienone is 1. The van der Waals surface area contributed by atoms with Crippen LogP contribution < -0.4 is 0 Å². The normalized spacial score (nSPS) is 21.7. The van der Waals surface area contributed by atoms with E-state index < -0.39 is 5.60 Å². The van der Waals surface area contributed by atoms with Crippen molar-refractivity contribution in [1.29, 1.82) is 0 Å². The molecule has 1 aromatic heterocycles. The molecule has 262 valence electrons. The number of nitrogens with zero attached hydrogens (tertiary/aromatic N) is 4. The first kappa shape index (κ1) is 34.0. The number of likely N-dealkylation sites (tertiary alicyclic amines) is 2. The second-order valence-corrected chi connectivity index (χ2v) is 15.9. The highest BCUT2D eigenvalue weighted by molar-refractivity contribution is 6.06. The lowest BCUT2D eigenvalue weighted by Crippen LogP contribution is -2.43. The lowest BCUT2D eigenvalue weighted by atomic mass is 9.94. The number of amides is 2. The summed E-state index contributed by atoms with van der Waals surface area (Å²) < 4.78 is 5.78. The molecule has 3 aromatic carbocycles. The molecule has 4 heterocycles. The van der Waals surface area contributed by atoms with Crippen molar-refractivity contribution in [3.8, 4) is 11.1 Å². The van der Waals surface area contributed by atoms with E-state index in [2.05, 4.69) is 85.3 Å². The second-order valence-electron chi connectivity index (χ2n) is 15.9. The monoisotopic (exact) mass is 673 g/mol. The largest absolute Gasteiger partial charge is 0.444 e. The summed E-state index contributed by atoms with van der Waals surface area (Å²) in [6, 6.07) is 19.5. The highest BCUT2D eigenvalue weighted by Crippen LogP contribution is 2.39. The van der Waals surface area contributed by atoms with Gasteiger partial charge in [0.1, 0.15) is 11.4 Å². The molecule has 0 unspecified atom stereocenters. The zero-order valence-corrected chi connectivity index (χ0v) is 30.6. The minimum absolute atomic E-state index is 0.0258. The highest BCUT2D eigenvalue weighted by atomic mass is 16.6. The summed E-state index contributed by atoms with van der Waals surface area (Å²) in [6.45, 7) is 15.7. The van der Waals surface area contributed by atoms with E-state index in [0.29, 0.717) is 18.4 Å². The molecule has 7 rings (SSSR count). The van der Waals surface area contributed by atoms with Crippen LogP contribution in [0.5, 0.6) is 0 Å². The number of benzene rings is 3. The molecule has 0 saturated carbocycles. The molecule has 8 nitrogen and oxygen atoms in total. The van der Waals surface area contributed by atoms with E-state index >= 15 is 0 Å². The van der Waals surface area contributed by atoms with Gasteiger partial charge in [-0.2, -0.15) is 0 Å². The topological polar surface area (TPSA) is 90.9 Å². The molecule has 50 heavy (non-hydrogen) atoms. The average molecular weight is 674 g/mol. The van der Waals surface area contributed by atoms with Gasteiger partial charge in [-0.1, -0.05) is 76.6 Å². The molecule has 3 aliphatic rings. The summed E-state index contributed by atoms with van der Waals surface area (Å²) in [6.07, 6.45) is 6.42. The molecule has 2 amide bonds. The number of aromatic amines is 1. The van der Waals surface area contributed by atoms with Gasteiger partial charge in [0.25, 0.3) is 0 Å². The van der Waals surface area contributed by atoms with E-state index in [4.69, 9.17) is 14.7 Å². The van der Waals surface area contributed by atoms with Gasteiger partial charge in [-0.25, -0.2) is 9.78 Å². The molecule has 2 fully saturated rings. The van der Waals surface area contributed by atoms with Crippen LogP contribution in [0.25, 0.3) is 38.5 Å². The van der Waals surface area contributed by atoms with E-state index in [9.17, 15) is 9.59 Å². The minimum Gasteiger partial charge on any atom is -0.444 e. The average Bonchev–Trinajstić information content (AvgIpc) is 3.91. The van der Waals surface area contributed by atoms with Gasteiger partial charge in [0.05, 0.1) is 23.1 Å². The smallest absolute Gasteiger partial charge is 0.410 e. The first-order chi connectivity index (χ1) is 23.9. The maximum absolute atomic E-state index is 13.2. The van der Waals surface area contributed by atoms with Gasteiger partial charge in [0.15, 0.2) is 0 Å². The Hall–Kier alpha value is -4.46. The molecular weight excluding hydrogens is 622 g/mol. The molecule has 2 saturated heterocycles. The Kier molecular flexibility index (Phi) is 9.08. The van der Waals surface area contributed by atoms with Gasteiger partial charge in [-0.05, 0) is 91.7 Å². The lowest BCUT2D eigenvalue weighted by molar-refractivity contribution is -0.136. The number of nitrogens with one attached hydrogen (secondary N) is 1. The fraction of sp³-hybridized carbons (Fsp3) is 0.476. The van der Waals surface area contributed by atoms with Gasteiger partial charge in [0.2, 0.25) is 5.91 Å². The molecule has 4 aromatic rings. The van der Waals surface area contributed by atoms with Gasteiger partial charge in [-0.15, -0.1) is 0 Å². The standard InChI is InChI=1S/C42H51N5O3/c1-8-27-20-37(47(24-27)41(49)50-42(5,6)7)39-44-34-18-16-31-21-30(15-17-33(31)38(34)45-39)28-11-13-29(14-12-28)32-22-35(43-23-32)36-10-9-19-46(36)40(48)26(4)25(2)3/h11-18,21,23,25-27,36-37H,8-10,19-20,22,24H2,1-7H3,(H,44,45)/t26-,27-,36-,37-/m0/s1. The Bertz CT molecular complexity index is 1980. The van der Waals surface area contributed by atoms with Crippen LogP contribution in [0.1, 0.15) is 98.0 Å². The van der Waals surface area contributed by atoms with Crippen LogP contribution in [0.15, 0.2) is 65.8 Å². The number of carbonyl (C=O) groups excluding carboxylic acids is 2. The number of H-pyrrole nitrogens is 1. The molecule has 0 spiro atoms. The van der Waals surface area contributed by atoms with E-state index in [1.807, 2.05) is 38.8 Å². The quantitative estimate of drug-likeness (QED) is 0.212. The fourth-order valence-electron chi connectivity index (χ4n) is 7.79. The van der Waals surface area contributed by atoms with Crippen molar-refractivity contribution in [2.45, 2.75) is 98.3 Å². The Morgan fingerprint density at radius 2 is 1.70 bits per heavy atom. The Balaban J connectivity index is 1.07. The number of hydrogen-bond donors (Lipinski definition) is 1. The molecule has 4 atom stereocenters. The predicted octanol–water partition coefficient (Wildman–Crippen LogP) is 9.56. The van der Waals surface area contributed by atoms with E-state index in [1.54, 1.807) is 0 Å². The number of carbonyl (C=O) groups is 2. The number of aromatic nitrogens is 2. The Morgan fingerprint density at radius 1 is 0.960 bits per heavy atom. The zero-order valence-electron chi connectivity index (χ0n) is 30.6. The highest BCUT2D eigenvalue weighted by Gasteiger charge is 2.40. The van der Waals surface area contributed by atoms with Gasteiger partial charge in [0, 0.05) is 42.7 Å². The molecule has 0 radical (unpaired) electrons. The number of hydrogen-bond acceptors (Lipinski definition) is 5. The summed E-state index contributed by atoms with van der Waals surface area (Å²) in [7, 11) is 0. The van der Waals surface area contributed by atoms with Crippen molar-refractivity contribution >= 4 is 45.1 Å². The van der Waals surface area contributed by atoms with Crippen molar-refractivity contribution in [2.75, 3.05) is 13.1 Å². The Labute approximate surface area is 296 Å². The summed E-state index contributed by atoms with van der Waals surface area (Å²) >= 11 is 0. The van der Waals surface area contributed by atoms with Gasteiger partial charge in [-0.3, -0.25) is 14.7 Å². The molecule has 0 aliphatic carbocycles. The van der Waals surface area contributed by atoms with Crippen LogP contribution in [-0.4, -0.2) is 62.2 Å². The van der Waals surface area contributed by atoms with Crippen molar-refractivity contribution in [2.24, 2.45) is 22.7 Å². The van der Waals surface area contributed by atoms with Crippen LogP contribution in [0.3, 0.4) is 0 Å². The van der Waals surface area contributed by atoms with Crippen molar-refractivity contribution < 1.29 is 14.3 Å². The van der Waals surface area contributed by atoms with Crippen LogP contribution in [0.4, 0.5) is 4.79 Å². The summed E-state index contributed by atoms with van der Waals surface area (Å²) in [4.78, 5) is 43.8. The first-order valence-electron chi connectivity index (χ1n) is 18.5. The van der Waals surface area contributed by atoms with Gasteiger partial charge >= 0.3 is 6.09 Å². The second kappa shape index (κ2) is 13.3. The third-order valence-corrected chi connectivity index (χ3v) is 11.1. The maximum atomic E-state index is 13.2. The van der Waals surface area contributed by atoms with Crippen molar-refractivity contribution in [1.82, 2.24) is 19.8 Å². The van der Waals surface area contributed by atoms with E-state index in [1.165, 1.54) is 11.1 Å². The number of imidazole rings is 1. The number of aliphatic imine (C=N–C) groups is 1. The van der Waals surface area contributed by atoms with E-state index in [-0.39, 0.29) is 30.0 Å². The van der Waals surface area contributed by atoms with Gasteiger partial charge < -0.3 is 14.6 Å². The number of ether oxygens (including phenoxy) is 1. The van der Waals surface area contributed by atoms with Crippen LogP contribution in [0.2, 0.25) is 0 Å². The molecule has 0 bridgehead atoms. The maximum Gasteiger partial charge on any atom is 0.410 e. The molecular formula is C42H51N5O3. The van der Waals surface area contributed by atoms with Crippen LogP contribution in [-0.2, 0) is 9.53 Å². The molecule has 8 heteroatoms. The summed E-state index contributed by atoms with van der Waals surface area (Å²) in [5.74, 6) is 1.85. The minimum atomic E-state index is -0.550. The summed E-state index contributed by atoms with van der Waals surface area (Å²) in [5.41, 5.74) is 7.13. The SMILES string of the molecule is CC[C@H]1C[C@@H](c2nc3c(ccc4cc(-c5ccc(C6=CN=C([C@@H]7CCCN7C(=O)[C@@H](C)C(C)C)C6)cc5)ccc43)[nH]2)N(C(=O)OC(C)(C)C)C1. The van der Waals surface area contributed by atoms with Crippen molar-refractivity contribution in [3.05, 3.63) is 72.2 Å². The van der Waals surface area contributed by atoms with Crippen LogP contribution in [0, 0.1) is 17.8 Å². The molecule has 1 N–H and O–H groups in total. The van der Waals surface area contributed by atoms with Crippen molar-refractivity contribution in [3.63, 3.8) is 0 Å². The first-order valence-corrected chi connectivity index (χ1v) is 18.5. The lowest BCUT2D eigenvalue weighted by Gasteiger charge is -2.29. The van der Waals surface area contributed by atoms with Crippen LogP contribution >= 0.6 is 0 Å². The third kappa shape index (κ3) is 6.57. The fourth-order valence-corrected chi connectivity index (χ4v) is 7.79. The predicted molar refractivity (Wildman–Crippen MR) is 202 cm³/mol. The summed E-state index contributed by atoms with van der Waals surface area (Å²) in [5, 5.41) is 2.21. The van der Waals surface area contributed by atoms with E-state index in [0.717, 1.165) is 83.1 Å². The Morgan fingerprint density at radius 3 is 2.42 bits per heavy atom. The number of rotatable bonds is 7. The number of fused-ring (bicyclic) bond motifs is 3. The third-order valence-electron chi connectivity index (χ3n) is 11.1. The molecule has 3 aliphatic heterocycles.